The lowest BCUT2D eigenvalue weighted by Gasteiger charge is -2.40. The van der Waals surface area contributed by atoms with Crippen LogP contribution >= 0.6 is 0 Å². The number of rotatable bonds is 13. The quantitative estimate of drug-likeness (QED) is 0.336. The molecule has 6 heteroatoms. The highest BCUT2D eigenvalue weighted by Crippen LogP contribution is 2.47. The molecule has 0 bridgehead atoms. The smallest absolute Gasteiger partial charge is 0.321 e. The van der Waals surface area contributed by atoms with Crippen molar-refractivity contribution in [3.8, 4) is 0 Å². The first-order valence-corrected chi connectivity index (χ1v) is 10.4. The Bertz CT molecular complexity index is 566. The zero-order valence-electron chi connectivity index (χ0n) is 20.0. The zero-order chi connectivity index (χ0) is 23.2. The number of allylic oxidation sites excluding steroid dienone is 4. The fourth-order valence-electron chi connectivity index (χ4n) is 3.20. The molecule has 0 fully saturated rings. The maximum Gasteiger partial charge on any atom is 0.321 e. The van der Waals surface area contributed by atoms with E-state index in [2.05, 4.69) is 0 Å². The average molecular weight is 421 g/mol. The third-order valence-electron chi connectivity index (χ3n) is 4.62. The SMILES string of the molecule is C/C=C\C(/C=C\C)(C(=O)OCCN(C)C)C(/C=C\C)(/C=C\C)C(=O)OCCN(C)C. The van der Waals surface area contributed by atoms with Crippen molar-refractivity contribution >= 4 is 11.9 Å². The highest BCUT2D eigenvalue weighted by atomic mass is 16.5. The Balaban J connectivity index is 6.51. The predicted octanol–water partition coefficient (Wildman–Crippen LogP) is 3.47. The maximum atomic E-state index is 13.5. The molecule has 0 amide bonds. The summed E-state index contributed by atoms with van der Waals surface area (Å²) < 4.78 is 11.3. The van der Waals surface area contributed by atoms with Gasteiger partial charge in [0.15, 0.2) is 0 Å². The molecule has 0 spiro atoms. The second-order valence-electron chi connectivity index (χ2n) is 7.62. The number of ether oxygens (including phenoxy) is 2. The van der Waals surface area contributed by atoms with E-state index in [1.54, 1.807) is 48.6 Å². The van der Waals surface area contributed by atoms with E-state index in [1.807, 2.05) is 65.7 Å². The molecule has 0 aromatic heterocycles. The van der Waals surface area contributed by atoms with E-state index in [0.29, 0.717) is 13.1 Å². The summed E-state index contributed by atoms with van der Waals surface area (Å²) >= 11 is 0. The summed E-state index contributed by atoms with van der Waals surface area (Å²) in [6.45, 7) is 8.89. The van der Waals surface area contributed by atoms with Crippen LogP contribution in [0.5, 0.6) is 0 Å². The predicted molar refractivity (Wildman–Crippen MR) is 123 cm³/mol. The third kappa shape index (κ3) is 7.26. The van der Waals surface area contributed by atoms with E-state index in [4.69, 9.17) is 9.47 Å². The number of hydrogen-bond acceptors (Lipinski definition) is 6. The zero-order valence-corrected chi connectivity index (χ0v) is 20.0. The van der Waals surface area contributed by atoms with Gasteiger partial charge in [-0.1, -0.05) is 48.6 Å². The molecule has 0 unspecified atom stereocenters. The van der Waals surface area contributed by atoms with Crippen LogP contribution in [0.4, 0.5) is 0 Å². The molecule has 0 aliphatic carbocycles. The van der Waals surface area contributed by atoms with Crippen LogP contribution in [0.2, 0.25) is 0 Å². The van der Waals surface area contributed by atoms with Crippen LogP contribution in [0.25, 0.3) is 0 Å². The maximum absolute atomic E-state index is 13.5. The van der Waals surface area contributed by atoms with Crippen molar-refractivity contribution in [3.63, 3.8) is 0 Å². The minimum Gasteiger partial charge on any atom is -0.463 e. The molecule has 0 aliphatic heterocycles. The van der Waals surface area contributed by atoms with Crippen molar-refractivity contribution < 1.29 is 19.1 Å². The van der Waals surface area contributed by atoms with E-state index in [0.717, 1.165) is 0 Å². The molecule has 0 radical (unpaired) electrons. The van der Waals surface area contributed by atoms with Crippen LogP contribution in [0.15, 0.2) is 48.6 Å². The molecule has 170 valence electrons. The molecular formula is C24H40N2O4. The third-order valence-corrected chi connectivity index (χ3v) is 4.62. The van der Waals surface area contributed by atoms with Crippen molar-refractivity contribution in [1.29, 1.82) is 0 Å². The molecule has 0 saturated heterocycles. The van der Waals surface area contributed by atoms with Gasteiger partial charge in [-0.15, -0.1) is 0 Å². The Morgan fingerprint density at radius 3 is 1.10 bits per heavy atom. The fourth-order valence-corrected chi connectivity index (χ4v) is 3.20. The van der Waals surface area contributed by atoms with Crippen LogP contribution < -0.4 is 0 Å². The number of carbonyl (C=O) groups is 2. The van der Waals surface area contributed by atoms with Crippen LogP contribution in [-0.2, 0) is 19.1 Å². The number of carbonyl (C=O) groups excluding carboxylic acids is 2. The van der Waals surface area contributed by atoms with Gasteiger partial charge in [0.2, 0.25) is 0 Å². The first kappa shape index (κ1) is 27.8. The van der Waals surface area contributed by atoms with Crippen molar-refractivity contribution in [3.05, 3.63) is 48.6 Å². The summed E-state index contributed by atoms with van der Waals surface area (Å²) in [6, 6.07) is 0. The van der Waals surface area contributed by atoms with Crippen LogP contribution in [0.1, 0.15) is 27.7 Å². The van der Waals surface area contributed by atoms with Crippen LogP contribution in [0, 0.1) is 10.8 Å². The van der Waals surface area contributed by atoms with Gasteiger partial charge in [-0.3, -0.25) is 9.59 Å². The molecular weight excluding hydrogens is 380 g/mol. The van der Waals surface area contributed by atoms with Gasteiger partial charge in [0.05, 0.1) is 0 Å². The Morgan fingerprint density at radius 1 is 0.633 bits per heavy atom. The lowest BCUT2D eigenvalue weighted by atomic mass is 9.61. The van der Waals surface area contributed by atoms with E-state index in [-0.39, 0.29) is 13.2 Å². The normalized spacial score (nSPS) is 13.5. The molecule has 0 heterocycles. The summed E-state index contributed by atoms with van der Waals surface area (Å²) in [5.41, 5.74) is -2.76. The standard InChI is InChI=1S/C24H40N2O4/c1-9-13-23(14-10-2,21(27)29-19-17-25(5)6)24(15-11-3,16-12-4)22(28)30-20-18-26(7)8/h9-16H,17-20H2,1-8H3/b13-9-,14-10-,15-11-,16-12-. The molecule has 0 atom stereocenters. The molecule has 30 heavy (non-hydrogen) atoms. The van der Waals surface area contributed by atoms with Gasteiger partial charge in [0.1, 0.15) is 24.0 Å². The molecule has 0 N–H and O–H groups in total. The van der Waals surface area contributed by atoms with Gasteiger partial charge in [-0.05, 0) is 55.9 Å². The average Bonchev–Trinajstić information content (AvgIpc) is 2.66. The molecule has 6 nitrogen and oxygen atoms in total. The Morgan fingerprint density at radius 2 is 0.900 bits per heavy atom. The van der Waals surface area contributed by atoms with E-state index >= 15 is 0 Å². The van der Waals surface area contributed by atoms with Crippen molar-refractivity contribution in [1.82, 2.24) is 9.80 Å². The van der Waals surface area contributed by atoms with E-state index < -0.39 is 22.8 Å². The van der Waals surface area contributed by atoms with Crippen molar-refractivity contribution in [2.45, 2.75) is 27.7 Å². The monoisotopic (exact) mass is 420 g/mol. The number of nitrogens with zero attached hydrogens (tertiary/aromatic N) is 2. The Labute approximate surface area is 182 Å². The summed E-state index contributed by atoms with van der Waals surface area (Å²) in [7, 11) is 7.63. The number of hydrogen-bond donors (Lipinski definition) is 0. The lowest BCUT2D eigenvalue weighted by molar-refractivity contribution is -0.166. The first-order valence-electron chi connectivity index (χ1n) is 10.4. The highest BCUT2D eigenvalue weighted by Gasteiger charge is 2.57. The minimum absolute atomic E-state index is 0.222. The van der Waals surface area contributed by atoms with Crippen LogP contribution in [-0.4, -0.2) is 76.2 Å². The molecule has 0 aliphatic rings. The topological polar surface area (TPSA) is 59.1 Å². The summed E-state index contributed by atoms with van der Waals surface area (Å²) in [4.78, 5) is 30.8. The molecule has 0 aromatic carbocycles. The molecule has 0 saturated carbocycles. The van der Waals surface area contributed by atoms with Gasteiger partial charge in [0.25, 0.3) is 0 Å². The molecule has 0 aromatic rings. The Hall–Kier alpha value is -2.18. The Kier molecular flexibility index (Phi) is 12.9. The first-order chi connectivity index (χ1) is 14.2. The van der Waals surface area contributed by atoms with Crippen LogP contribution in [0.3, 0.4) is 0 Å². The highest BCUT2D eigenvalue weighted by molar-refractivity contribution is 5.95. The van der Waals surface area contributed by atoms with Gasteiger partial charge >= 0.3 is 11.9 Å². The van der Waals surface area contributed by atoms with Crippen molar-refractivity contribution in [2.75, 3.05) is 54.5 Å². The summed E-state index contributed by atoms with van der Waals surface area (Å²) in [5.74, 6) is -0.998. The largest absolute Gasteiger partial charge is 0.463 e. The van der Waals surface area contributed by atoms with Gasteiger partial charge in [-0.25, -0.2) is 0 Å². The van der Waals surface area contributed by atoms with E-state index in [1.165, 1.54) is 0 Å². The minimum atomic E-state index is -1.38. The molecule has 0 rings (SSSR count). The number of likely N-dealkylation sites (N-methyl/N-ethyl adjacent to an activating group) is 2. The fraction of sp³-hybridized carbons (Fsp3) is 0.583. The van der Waals surface area contributed by atoms with E-state index in [9.17, 15) is 9.59 Å². The summed E-state index contributed by atoms with van der Waals surface area (Å²) in [5, 5.41) is 0. The number of esters is 2. The van der Waals surface area contributed by atoms with Crippen molar-refractivity contribution in [2.24, 2.45) is 10.8 Å². The second-order valence-corrected chi connectivity index (χ2v) is 7.62. The second kappa shape index (κ2) is 13.9. The van der Waals surface area contributed by atoms with Gasteiger partial charge < -0.3 is 19.3 Å². The lowest BCUT2D eigenvalue weighted by Crippen LogP contribution is -2.50. The van der Waals surface area contributed by atoms with Gasteiger partial charge in [0, 0.05) is 13.1 Å². The summed E-state index contributed by atoms with van der Waals surface area (Å²) in [6.07, 6.45) is 13.9. The van der Waals surface area contributed by atoms with Gasteiger partial charge in [-0.2, -0.15) is 0 Å².